The minimum atomic E-state index is -0.273. The Hall–Kier alpha value is -3.51. The van der Waals surface area contributed by atoms with Crippen molar-refractivity contribution in [1.29, 1.82) is 0 Å². The van der Waals surface area contributed by atoms with Gasteiger partial charge in [0.15, 0.2) is 0 Å². The molecule has 3 aromatic rings. The molecule has 3 aromatic carbocycles. The number of unbranched alkanes of at least 4 members (excludes halogenated alkanes) is 8. The molecule has 0 atom stereocenters. The van der Waals surface area contributed by atoms with E-state index < -0.39 is 0 Å². The Morgan fingerprint density at radius 1 is 0.756 bits per heavy atom. The standard InChI is InChI=1S/C34H44ClN3O3/c1-2-3-4-5-6-7-8-9-13-20-33(39)36-25-15-26-38(34(40)37-29-17-14-16-28(35)27-29)30-21-23-32(24-22-30)41-31-18-11-10-12-19-31/h10-12,14,16-19,21-24,27H,2-9,13,15,20,25-26H2,1H3,(H,36,39)(H,37,40). The first-order chi connectivity index (χ1) is 20.0. The highest BCUT2D eigenvalue weighted by atomic mass is 35.5. The number of hydrogen-bond donors (Lipinski definition) is 2. The molecule has 2 N–H and O–H groups in total. The second kappa shape index (κ2) is 18.8. The average Bonchev–Trinajstić information content (AvgIpc) is 2.97. The Kier molecular flexibility index (Phi) is 14.7. The van der Waals surface area contributed by atoms with Crippen LogP contribution < -0.4 is 20.3 Å². The van der Waals surface area contributed by atoms with E-state index in [1.165, 1.54) is 44.9 Å². The molecule has 0 saturated carbocycles. The van der Waals surface area contributed by atoms with E-state index in [1.807, 2.05) is 54.6 Å². The number of anilines is 2. The third-order valence-corrected chi connectivity index (χ3v) is 7.07. The molecule has 0 radical (unpaired) electrons. The fraction of sp³-hybridized carbons (Fsp3) is 0.412. The maximum atomic E-state index is 13.3. The number of nitrogens with one attached hydrogen (secondary N) is 2. The molecule has 0 spiro atoms. The SMILES string of the molecule is CCCCCCCCCCCC(=O)NCCCN(C(=O)Nc1cccc(Cl)c1)c1ccc(Oc2ccccc2)cc1. The van der Waals surface area contributed by atoms with Gasteiger partial charge in [0, 0.05) is 35.9 Å². The summed E-state index contributed by atoms with van der Waals surface area (Å²) in [6, 6.07) is 23.7. The van der Waals surface area contributed by atoms with Crippen LogP contribution >= 0.6 is 11.6 Å². The highest BCUT2D eigenvalue weighted by Crippen LogP contribution is 2.25. The molecule has 6 nitrogen and oxygen atoms in total. The van der Waals surface area contributed by atoms with Crippen LogP contribution in [0.1, 0.15) is 77.6 Å². The summed E-state index contributed by atoms with van der Waals surface area (Å²) in [4.78, 5) is 27.3. The summed E-state index contributed by atoms with van der Waals surface area (Å²) in [7, 11) is 0. The molecule has 0 heterocycles. The number of ether oxygens (including phenoxy) is 1. The molecule has 0 saturated heterocycles. The highest BCUT2D eigenvalue weighted by Gasteiger charge is 2.16. The minimum Gasteiger partial charge on any atom is -0.457 e. The van der Waals surface area contributed by atoms with E-state index >= 15 is 0 Å². The predicted molar refractivity (Wildman–Crippen MR) is 170 cm³/mol. The van der Waals surface area contributed by atoms with Crippen molar-refractivity contribution in [2.24, 2.45) is 0 Å². The lowest BCUT2D eigenvalue weighted by Gasteiger charge is -2.24. The van der Waals surface area contributed by atoms with Gasteiger partial charge in [-0.1, -0.05) is 94.2 Å². The van der Waals surface area contributed by atoms with E-state index in [0.29, 0.717) is 42.4 Å². The number of para-hydroxylation sites is 1. The van der Waals surface area contributed by atoms with Crippen molar-refractivity contribution < 1.29 is 14.3 Å². The lowest BCUT2D eigenvalue weighted by molar-refractivity contribution is -0.121. The Labute approximate surface area is 250 Å². The number of benzene rings is 3. The monoisotopic (exact) mass is 577 g/mol. The first-order valence-electron chi connectivity index (χ1n) is 15.0. The summed E-state index contributed by atoms with van der Waals surface area (Å²) >= 11 is 6.11. The van der Waals surface area contributed by atoms with Gasteiger partial charge < -0.3 is 15.4 Å². The van der Waals surface area contributed by atoms with Gasteiger partial charge >= 0.3 is 6.03 Å². The van der Waals surface area contributed by atoms with Crippen molar-refractivity contribution in [2.75, 3.05) is 23.3 Å². The van der Waals surface area contributed by atoms with Crippen LogP contribution in [0.15, 0.2) is 78.9 Å². The summed E-state index contributed by atoms with van der Waals surface area (Å²) in [5, 5.41) is 6.49. The van der Waals surface area contributed by atoms with Crippen molar-refractivity contribution in [2.45, 2.75) is 77.6 Å². The number of nitrogens with zero attached hydrogens (tertiary/aromatic N) is 1. The van der Waals surface area contributed by atoms with Gasteiger partial charge in [0.25, 0.3) is 0 Å². The van der Waals surface area contributed by atoms with E-state index in [-0.39, 0.29) is 11.9 Å². The van der Waals surface area contributed by atoms with Gasteiger partial charge in [-0.3, -0.25) is 9.69 Å². The Morgan fingerprint density at radius 2 is 1.41 bits per heavy atom. The minimum absolute atomic E-state index is 0.0743. The van der Waals surface area contributed by atoms with Crippen LogP contribution in [-0.4, -0.2) is 25.0 Å². The number of amides is 3. The molecule has 0 aromatic heterocycles. The van der Waals surface area contributed by atoms with E-state index in [9.17, 15) is 9.59 Å². The van der Waals surface area contributed by atoms with Crippen LogP contribution in [0, 0.1) is 0 Å². The quantitative estimate of drug-likeness (QED) is 0.148. The smallest absolute Gasteiger partial charge is 0.326 e. The van der Waals surface area contributed by atoms with Crippen LogP contribution in [0.5, 0.6) is 11.5 Å². The maximum Gasteiger partial charge on any atom is 0.326 e. The van der Waals surface area contributed by atoms with Crippen molar-refractivity contribution in [1.82, 2.24) is 5.32 Å². The first-order valence-corrected chi connectivity index (χ1v) is 15.4. The molecule has 0 aliphatic carbocycles. The van der Waals surface area contributed by atoms with Crippen LogP contribution in [0.4, 0.5) is 16.2 Å². The number of rotatable bonds is 18. The molecule has 220 valence electrons. The van der Waals surface area contributed by atoms with Crippen LogP contribution in [0.25, 0.3) is 0 Å². The van der Waals surface area contributed by atoms with Crippen LogP contribution in [0.2, 0.25) is 5.02 Å². The van der Waals surface area contributed by atoms with Gasteiger partial charge in [-0.15, -0.1) is 0 Å². The molecule has 3 amide bonds. The molecule has 0 aliphatic heterocycles. The highest BCUT2D eigenvalue weighted by molar-refractivity contribution is 6.30. The molecule has 0 bridgehead atoms. The Balaban J connectivity index is 1.47. The molecule has 41 heavy (non-hydrogen) atoms. The second-order valence-electron chi connectivity index (χ2n) is 10.3. The molecule has 3 rings (SSSR count). The summed E-state index contributed by atoms with van der Waals surface area (Å²) in [6.45, 7) is 3.18. The molecule has 7 heteroatoms. The summed E-state index contributed by atoms with van der Waals surface area (Å²) < 4.78 is 5.90. The number of carbonyl (C=O) groups is 2. The molecular formula is C34H44ClN3O3. The van der Waals surface area contributed by atoms with E-state index in [2.05, 4.69) is 17.6 Å². The number of urea groups is 1. The topological polar surface area (TPSA) is 70.7 Å². The van der Waals surface area contributed by atoms with Crippen molar-refractivity contribution in [3.05, 3.63) is 83.9 Å². The number of carbonyl (C=O) groups excluding carboxylic acids is 2. The number of halogens is 1. The normalized spacial score (nSPS) is 10.7. The Bertz CT molecular complexity index is 1170. The molecular weight excluding hydrogens is 534 g/mol. The first kappa shape index (κ1) is 32.0. The fourth-order valence-corrected chi connectivity index (χ4v) is 4.76. The Morgan fingerprint density at radius 3 is 2.10 bits per heavy atom. The average molecular weight is 578 g/mol. The van der Waals surface area contributed by atoms with Gasteiger partial charge in [0.1, 0.15) is 11.5 Å². The zero-order valence-corrected chi connectivity index (χ0v) is 25.0. The van der Waals surface area contributed by atoms with Crippen LogP contribution in [-0.2, 0) is 4.79 Å². The van der Waals surface area contributed by atoms with Gasteiger partial charge in [0.05, 0.1) is 0 Å². The van der Waals surface area contributed by atoms with Crippen LogP contribution in [0.3, 0.4) is 0 Å². The lowest BCUT2D eigenvalue weighted by Crippen LogP contribution is -2.37. The third-order valence-electron chi connectivity index (χ3n) is 6.84. The van der Waals surface area contributed by atoms with Crippen molar-refractivity contribution in [3.63, 3.8) is 0 Å². The fourth-order valence-electron chi connectivity index (χ4n) is 4.57. The van der Waals surface area contributed by atoms with E-state index in [4.69, 9.17) is 16.3 Å². The molecule has 0 fully saturated rings. The second-order valence-corrected chi connectivity index (χ2v) is 10.7. The maximum absolute atomic E-state index is 13.3. The van der Waals surface area contributed by atoms with Gasteiger partial charge in [-0.05, 0) is 67.4 Å². The zero-order chi connectivity index (χ0) is 29.1. The van der Waals surface area contributed by atoms with Gasteiger partial charge in [0.2, 0.25) is 5.91 Å². The van der Waals surface area contributed by atoms with E-state index in [1.54, 1.807) is 29.2 Å². The van der Waals surface area contributed by atoms with Gasteiger partial charge in [-0.25, -0.2) is 4.79 Å². The van der Waals surface area contributed by atoms with Crippen molar-refractivity contribution in [3.8, 4) is 11.5 Å². The summed E-state index contributed by atoms with van der Waals surface area (Å²) in [5.41, 5.74) is 1.34. The largest absolute Gasteiger partial charge is 0.457 e. The summed E-state index contributed by atoms with van der Waals surface area (Å²) in [5.74, 6) is 1.50. The predicted octanol–water partition coefficient (Wildman–Crippen LogP) is 9.60. The molecule has 0 unspecified atom stereocenters. The van der Waals surface area contributed by atoms with Crippen molar-refractivity contribution >= 4 is 34.9 Å². The third kappa shape index (κ3) is 12.7. The number of hydrogen-bond acceptors (Lipinski definition) is 3. The summed E-state index contributed by atoms with van der Waals surface area (Å²) in [6.07, 6.45) is 12.2. The zero-order valence-electron chi connectivity index (χ0n) is 24.2. The van der Waals surface area contributed by atoms with E-state index in [0.717, 1.165) is 24.3 Å². The lowest BCUT2D eigenvalue weighted by atomic mass is 10.1. The molecule has 0 aliphatic rings. The van der Waals surface area contributed by atoms with Gasteiger partial charge in [-0.2, -0.15) is 0 Å².